The topological polar surface area (TPSA) is 85.3 Å². The van der Waals surface area contributed by atoms with E-state index in [1.54, 1.807) is 25.3 Å². The van der Waals surface area contributed by atoms with Gasteiger partial charge >= 0.3 is 6.18 Å². The van der Waals surface area contributed by atoms with Crippen molar-refractivity contribution in [3.63, 3.8) is 0 Å². The molecular formula is C37H44ClF3N2O5S. The van der Waals surface area contributed by atoms with Gasteiger partial charge in [-0.2, -0.15) is 17.5 Å². The van der Waals surface area contributed by atoms with Crippen LogP contribution in [0.15, 0.2) is 52.9 Å². The highest BCUT2D eigenvalue weighted by molar-refractivity contribution is 7.94. The minimum absolute atomic E-state index is 0.0239. The Morgan fingerprint density at radius 1 is 1.18 bits per heavy atom. The smallest absolute Gasteiger partial charge is 0.389 e. The molecule has 0 unspecified atom stereocenters. The number of anilines is 1. The number of allylic oxidation sites excluding steroid dienone is 1. The van der Waals surface area contributed by atoms with Crippen LogP contribution in [0, 0.1) is 11.8 Å². The molecule has 2 heterocycles. The van der Waals surface area contributed by atoms with Crippen LogP contribution in [0.1, 0.15) is 79.3 Å². The highest BCUT2D eigenvalue weighted by Gasteiger charge is 2.44. The lowest BCUT2D eigenvalue weighted by Gasteiger charge is -2.46. The van der Waals surface area contributed by atoms with Gasteiger partial charge in [0.2, 0.25) is 0 Å². The molecule has 2 aromatic carbocycles. The molecule has 7 nitrogen and oxygen atoms in total. The van der Waals surface area contributed by atoms with Crippen molar-refractivity contribution in [3.8, 4) is 5.75 Å². The van der Waals surface area contributed by atoms with Gasteiger partial charge in [-0.15, -0.1) is 0 Å². The summed E-state index contributed by atoms with van der Waals surface area (Å²) in [6.45, 7) is 1.87. The third kappa shape index (κ3) is 8.37. The molecule has 4 aliphatic rings. The van der Waals surface area contributed by atoms with Crippen LogP contribution in [-0.2, 0) is 31.1 Å². The fourth-order valence-corrected chi connectivity index (χ4v) is 10.2. The van der Waals surface area contributed by atoms with Crippen molar-refractivity contribution in [2.24, 2.45) is 16.2 Å². The summed E-state index contributed by atoms with van der Waals surface area (Å²) in [5, 5.41) is 0.709. The average molecular weight is 721 g/mol. The zero-order valence-electron chi connectivity index (χ0n) is 27.8. The lowest BCUT2D eigenvalue weighted by atomic mass is 9.68. The molecule has 49 heavy (non-hydrogen) atoms. The Morgan fingerprint density at radius 3 is 2.78 bits per heavy atom. The predicted molar refractivity (Wildman–Crippen MR) is 185 cm³/mol. The molecule has 0 N–H and O–H groups in total. The molecule has 6 rings (SSSR count). The Balaban J connectivity index is 1.37. The first-order chi connectivity index (χ1) is 23.4. The largest absolute Gasteiger partial charge is 0.490 e. The minimum Gasteiger partial charge on any atom is -0.490 e. The second-order valence-electron chi connectivity index (χ2n) is 14.1. The second-order valence-corrected chi connectivity index (χ2v) is 16.9. The fourth-order valence-electron chi connectivity index (χ4n) is 8.00. The molecule has 0 aromatic heterocycles. The molecule has 266 valence electrons. The maximum atomic E-state index is 14.1. The number of alkyl halides is 3. The molecule has 5 atom stereocenters. The van der Waals surface area contributed by atoms with Gasteiger partial charge in [0.15, 0.2) is 0 Å². The highest BCUT2D eigenvalue weighted by atomic mass is 35.5. The van der Waals surface area contributed by atoms with E-state index < -0.39 is 46.2 Å². The first kappa shape index (κ1) is 35.9. The predicted octanol–water partition coefficient (Wildman–Crippen LogP) is 8.11. The molecule has 1 saturated carbocycles. The number of aryl methyl sites for hydroxylation is 1. The third-order valence-corrected chi connectivity index (χ3v) is 13.1. The van der Waals surface area contributed by atoms with Gasteiger partial charge in [0, 0.05) is 54.8 Å². The van der Waals surface area contributed by atoms with Crippen LogP contribution in [0.5, 0.6) is 5.75 Å². The van der Waals surface area contributed by atoms with E-state index in [0.717, 1.165) is 44.3 Å². The summed E-state index contributed by atoms with van der Waals surface area (Å²) in [5.74, 6) is -0.585. The van der Waals surface area contributed by atoms with Crippen LogP contribution in [0.2, 0.25) is 5.02 Å². The Kier molecular flexibility index (Phi) is 10.8. The zero-order valence-corrected chi connectivity index (χ0v) is 29.4. The number of fused-ring (bicyclic) bond motifs is 4. The number of ether oxygens (including phenoxy) is 2. The molecule has 0 saturated heterocycles. The van der Waals surface area contributed by atoms with Gasteiger partial charge in [0.1, 0.15) is 11.5 Å². The fraction of sp³-hybridized carbons (Fsp3) is 0.568. The van der Waals surface area contributed by atoms with E-state index in [0.29, 0.717) is 48.6 Å². The quantitative estimate of drug-likeness (QED) is 0.281. The number of hydrogen-bond acceptors (Lipinski definition) is 6. The summed E-state index contributed by atoms with van der Waals surface area (Å²) in [6, 6.07) is 11.2. The summed E-state index contributed by atoms with van der Waals surface area (Å²) in [5.41, 5.74) is 3.15. The number of carbonyl (C=O) groups is 2. The molecular weight excluding hydrogens is 677 g/mol. The Bertz CT molecular complexity index is 1720. The highest BCUT2D eigenvalue weighted by Crippen LogP contribution is 2.47. The number of Topliss-reactive ketones (excluding diaryl/α,β-unsaturated/α-hetero) is 1. The molecule has 12 heteroatoms. The van der Waals surface area contributed by atoms with Gasteiger partial charge < -0.3 is 14.4 Å². The first-order valence-electron chi connectivity index (χ1n) is 17.2. The van der Waals surface area contributed by atoms with E-state index in [1.807, 2.05) is 12.1 Å². The Morgan fingerprint density at radius 2 is 2.02 bits per heavy atom. The molecule has 2 aliphatic carbocycles. The van der Waals surface area contributed by atoms with Gasteiger partial charge in [-0.25, -0.2) is 4.21 Å². The summed E-state index contributed by atoms with van der Waals surface area (Å²) < 4.78 is 68.9. The summed E-state index contributed by atoms with van der Waals surface area (Å²) in [6.07, 6.45) is 3.58. The normalized spacial score (nSPS) is 29.4. The molecule has 2 aliphatic heterocycles. The number of amides is 1. The zero-order chi connectivity index (χ0) is 34.8. The van der Waals surface area contributed by atoms with E-state index in [9.17, 15) is 27.0 Å². The van der Waals surface area contributed by atoms with Crippen LogP contribution in [0.4, 0.5) is 18.9 Å². The van der Waals surface area contributed by atoms with Crippen LogP contribution < -0.4 is 9.64 Å². The van der Waals surface area contributed by atoms with E-state index in [2.05, 4.69) is 27.5 Å². The van der Waals surface area contributed by atoms with Gasteiger partial charge in [-0.05, 0) is 105 Å². The van der Waals surface area contributed by atoms with E-state index in [4.69, 9.17) is 21.1 Å². The van der Waals surface area contributed by atoms with Crippen molar-refractivity contribution in [2.45, 2.75) is 81.9 Å². The number of hydrogen-bond donors (Lipinski definition) is 0. The summed E-state index contributed by atoms with van der Waals surface area (Å²) >= 11 is 6.41. The molecule has 1 amide bonds. The first-order valence-corrected chi connectivity index (χ1v) is 19.5. The number of nitrogens with zero attached hydrogens (tertiary/aromatic N) is 2. The van der Waals surface area contributed by atoms with Gasteiger partial charge in [-0.3, -0.25) is 9.59 Å². The second kappa shape index (κ2) is 14.8. The van der Waals surface area contributed by atoms with Gasteiger partial charge in [0.05, 0.1) is 33.9 Å². The maximum absolute atomic E-state index is 14.1. The summed E-state index contributed by atoms with van der Waals surface area (Å²) in [7, 11) is -1.67. The van der Waals surface area contributed by atoms with Gasteiger partial charge in [-0.1, -0.05) is 29.8 Å². The van der Waals surface area contributed by atoms with Crippen molar-refractivity contribution in [3.05, 3.63) is 70.3 Å². The number of halogens is 4. The number of carbonyl (C=O) groups excluding carboxylic acids is 2. The molecule has 0 radical (unpaired) electrons. The van der Waals surface area contributed by atoms with Crippen LogP contribution in [0.25, 0.3) is 0 Å². The van der Waals surface area contributed by atoms with E-state index in [1.165, 1.54) is 11.1 Å². The average Bonchev–Trinajstić information content (AvgIpc) is 3.17. The van der Waals surface area contributed by atoms with E-state index >= 15 is 0 Å². The number of ketones is 1. The van der Waals surface area contributed by atoms with Gasteiger partial charge in [0.25, 0.3) is 5.91 Å². The van der Waals surface area contributed by atoms with E-state index in [-0.39, 0.29) is 29.3 Å². The maximum Gasteiger partial charge on any atom is 0.389 e. The van der Waals surface area contributed by atoms with Crippen LogP contribution in [0.3, 0.4) is 0 Å². The Labute approximate surface area is 291 Å². The molecule has 2 aromatic rings. The van der Waals surface area contributed by atoms with Crippen molar-refractivity contribution < 1.29 is 36.4 Å². The van der Waals surface area contributed by atoms with Crippen molar-refractivity contribution in [1.29, 1.82) is 0 Å². The molecule has 2 bridgehead atoms. The van der Waals surface area contributed by atoms with Crippen LogP contribution >= 0.6 is 11.6 Å². The van der Waals surface area contributed by atoms with Crippen LogP contribution in [-0.4, -0.2) is 66.5 Å². The number of methoxy groups -OCH3 is 1. The Hall–Kier alpha value is -2.89. The van der Waals surface area contributed by atoms with Crippen molar-refractivity contribution >= 4 is 38.7 Å². The number of rotatable bonds is 6. The molecule has 1 fully saturated rings. The van der Waals surface area contributed by atoms with Crippen molar-refractivity contribution in [1.82, 2.24) is 0 Å². The SMILES string of the molecule is CO[C@H]1/C=C/CCC[S@@](=O)(CC(=O)CCCC(F)(F)F)=NC(=O)c2ccc3c(c2)N(C[C@@H]2CC[C@H]21)C[C@@]1(CCCc2cc(Cl)ccc21)CO3. The molecule has 1 spiro atoms. The lowest BCUT2D eigenvalue weighted by Crippen LogP contribution is -2.49. The summed E-state index contributed by atoms with van der Waals surface area (Å²) in [4.78, 5) is 28.8. The number of benzene rings is 2. The minimum atomic E-state index is -4.38. The third-order valence-electron chi connectivity index (χ3n) is 10.6. The standard InChI is InChI=1S/C37H44ClF3N2O5S/c1-47-33-9-3-2-4-18-49(46,22-29(44)8-6-17-37(39,40)41)42-35(45)26-11-15-34-32(20-26)43(21-27-10-13-30(27)33)23-36(24-48-34)16-5-7-25-19-28(38)12-14-31(25)36/h3,9,11-12,14-15,19-20,27,30,33H,2,4-8,10,13,16-18,21-24H2,1H3/b9-3+/t27-,30+,33-,36-,49+/m0/s1. The monoisotopic (exact) mass is 720 g/mol. The lowest BCUT2D eigenvalue weighted by molar-refractivity contribution is -0.136. The van der Waals surface area contributed by atoms with Crippen molar-refractivity contribution in [2.75, 3.05) is 43.2 Å².